The molecule has 1 aromatic carbocycles. The van der Waals surface area contributed by atoms with Gasteiger partial charge in [-0.25, -0.2) is 9.37 Å². The van der Waals surface area contributed by atoms with E-state index in [1.165, 1.54) is 7.11 Å². The van der Waals surface area contributed by atoms with Crippen LogP contribution in [0, 0.1) is 5.82 Å². The number of aryl methyl sites for hydroxylation is 2. The lowest BCUT2D eigenvalue weighted by Crippen LogP contribution is -2.52. The van der Waals surface area contributed by atoms with Gasteiger partial charge in [-0.05, 0) is 80.0 Å². The third kappa shape index (κ3) is 7.18. The molecule has 6 rings (SSSR count). The van der Waals surface area contributed by atoms with E-state index in [0.717, 1.165) is 69.1 Å². The fraction of sp³-hybridized carbons (Fsp3) is 0.515. The first-order chi connectivity index (χ1) is 22.6. The molecular weight excluding hydrogens is 684 g/mol. The van der Waals surface area contributed by atoms with E-state index in [2.05, 4.69) is 63.3 Å². The Labute approximate surface area is 284 Å². The number of likely N-dealkylation sites (N-methyl/N-ethyl adjacent to an activating group) is 1. The molecule has 2 fully saturated rings. The van der Waals surface area contributed by atoms with Crippen LogP contribution in [0.15, 0.2) is 34.8 Å². The van der Waals surface area contributed by atoms with Crippen molar-refractivity contribution in [3.63, 3.8) is 0 Å². The Morgan fingerprint density at radius 3 is 2.45 bits per heavy atom. The Balaban J connectivity index is 1.25. The SMILES string of the molecule is CCc1cc(Nc2ncc(Br)c(NC3=C(P(C)(C)=O)c4nccnc4CC3)n2)c(OC)c(F)c1N1CCC(N2CCN(C)CC2)CC1. The van der Waals surface area contributed by atoms with Gasteiger partial charge in [0.25, 0.3) is 0 Å². The number of rotatable bonds is 9. The van der Waals surface area contributed by atoms with Crippen LogP contribution < -0.4 is 20.3 Å². The van der Waals surface area contributed by atoms with Crippen LogP contribution in [0.4, 0.5) is 27.5 Å². The molecule has 3 aliphatic rings. The number of piperazine rings is 1. The summed E-state index contributed by atoms with van der Waals surface area (Å²) in [6, 6.07) is 2.49. The van der Waals surface area contributed by atoms with E-state index >= 15 is 4.39 Å². The van der Waals surface area contributed by atoms with Crippen molar-refractivity contribution in [3.05, 3.63) is 57.6 Å². The van der Waals surface area contributed by atoms with Crippen LogP contribution in [-0.4, -0.2) is 103 Å². The fourth-order valence-corrected chi connectivity index (χ4v) is 8.76. The molecule has 0 bridgehead atoms. The molecule has 2 aromatic heterocycles. The molecule has 47 heavy (non-hydrogen) atoms. The Kier molecular flexibility index (Phi) is 10.2. The molecular formula is C33H44BrFN9O2P. The number of hydrogen-bond donors (Lipinski definition) is 2. The van der Waals surface area contributed by atoms with Crippen molar-refractivity contribution in [1.82, 2.24) is 29.7 Å². The molecule has 0 radical (unpaired) electrons. The number of halogens is 2. The van der Waals surface area contributed by atoms with E-state index in [-0.39, 0.29) is 17.5 Å². The highest BCUT2D eigenvalue weighted by atomic mass is 79.9. The topological polar surface area (TPSA) is 112 Å². The van der Waals surface area contributed by atoms with Gasteiger partial charge < -0.3 is 29.7 Å². The molecule has 4 heterocycles. The molecule has 0 unspecified atom stereocenters. The number of hydrogen-bond acceptors (Lipinski definition) is 11. The van der Waals surface area contributed by atoms with Crippen LogP contribution in [0.2, 0.25) is 0 Å². The predicted molar refractivity (Wildman–Crippen MR) is 190 cm³/mol. The van der Waals surface area contributed by atoms with E-state index < -0.39 is 7.14 Å². The van der Waals surface area contributed by atoms with Gasteiger partial charge in [-0.2, -0.15) is 4.98 Å². The molecule has 0 amide bonds. The number of allylic oxidation sites excluding steroid dienone is 1. The number of piperidine rings is 1. The maximum absolute atomic E-state index is 16.4. The maximum atomic E-state index is 16.4. The molecule has 3 aromatic rings. The van der Waals surface area contributed by atoms with Gasteiger partial charge in [-0.3, -0.25) is 14.9 Å². The minimum absolute atomic E-state index is 0.129. The maximum Gasteiger partial charge on any atom is 0.229 e. The highest BCUT2D eigenvalue weighted by molar-refractivity contribution is 9.10. The van der Waals surface area contributed by atoms with E-state index in [4.69, 9.17) is 9.72 Å². The largest absolute Gasteiger partial charge is 0.492 e. The summed E-state index contributed by atoms with van der Waals surface area (Å²) in [6.07, 6.45) is 8.88. The zero-order valence-electron chi connectivity index (χ0n) is 27.8. The summed E-state index contributed by atoms with van der Waals surface area (Å²) in [5.41, 5.74) is 4.26. The molecule has 0 saturated carbocycles. The molecule has 0 spiro atoms. The number of ether oxygens (including phenoxy) is 1. The van der Waals surface area contributed by atoms with Crippen molar-refractivity contribution in [2.75, 3.05) is 82.3 Å². The Bertz CT molecular complexity index is 1700. The van der Waals surface area contributed by atoms with Crippen LogP contribution in [-0.2, 0) is 17.4 Å². The van der Waals surface area contributed by atoms with Gasteiger partial charge in [-0.15, -0.1) is 0 Å². The summed E-state index contributed by atoms with van der Waals surface area (Å²) in [5.74, 6) is 0.516. The van der Waals surface area contributed by atoms with Gasteiger partial charge in [0, 0.05) is 69.6 Å². The average Bonchev–Trinajstić information content (AvgIpc) is 3.06. The van der Waals surface area contributed by atoms with E-state index in [1.807, 2.05) is 13.0 Å². The van der Waals surface area contributed by atoms with Crippen molar-refractivity contribution in [2.45, 2.75) is 45.1 Å². The first kappa shape index (κ1) is 33.8. The quantitative estimate of drug-likeness (QED) is 0.252. The first-order valence-electron chi connectivity index (χ1n) is 16.3. The van der Waals surface area contributed by atoms with Gasteiger partial charge in [0.15, 0.2) is 11.6 Å². The molecule has 252 valence electrons. The molecule has 0 atom stereocenters. The van der Waals surface area contributed by atoms with Crippen molar-refractivity contribution in [2.24, 2.45) is 0 Å². The number of anilines is 4. The molecule has 11 nitrogen and oxygen atoms in total. The summed E-state index contributed by atoms with van der Waals surface area (Å²) in [6.45, 7) is 11.5. The monoisotopic (exact) mass is 727 g/mol. The third-order valence-electron chi connectivity index (χ3n) is 9.39. The third-order valence-corrected chi connectivity index (χ3v) is 11.5. The lowest BCUT2D eigenvalue weighted by Gasteiger charge is -2.43. The lowest BCUT2D eigenvalue weighted by atomic mass is 9.99. The highest BCUT2D eigenvalue weighted by Crippen LogP contribution is 2.55. The lowest BCUT2D eigenvalue weighted by molar-refractivity contribution is 0.0981. The Morgan fingerprint density at radius 2 is 1.77 bits per heavy atom. The van der Waals surface area contributed by atoms with Crippen LogP contribution in [0.1, 0.15) is 43.1 Å². The zero-order valence-corrected chi connectivity index (χ0v) is 30.3. The molecule has 1 aliphatic carbocycles. The molecule has 2 N–H and O–H groups in total. The van der Waals surface area contributed by atoms with Crippen LogP contribution in [0.5, 0.6) is 5.75 Å². The summed E-state index contributed by atoms with van der Waals surface area (Å²) in [7, 11) is 0.934. The first-order valence-corrected chi connectivity index (χ1v) is 19.7. The number of nitrogens with one attached hydrogen (secondary N) is 2. The van der Waals surface area contributed by atoms with Gasteiger partial charge in [-0.1, -0.05) is 6.92 Å². The van der Waals surface area contributed by atoms with Crippen molar-refractivity contribution < 1.29 is 13.7 Å². The Morgan fingerprint density at radius 1 is 1.04 bits per heavy atom. The normalized spacial score (nSPS) is 18.3. The number of fused-ring (bicyclic) bond motifs is 1. The predicted octanol–water partition coefficient (Wildman–Crippen LogP) is 6.05. The van der Waals surface area contributed by atoms with Gasteiger partial charge >= 0.3 is 0 Å². The number of benzene rings is 1. The fourth-order valence-electron chi connectivity index (χ4n) is 6.95. The molecule has 2 saturated heterocycles. The van der Waals surface area contributed by atoms with E-state index in [0.29, 0.717) is 58.0 Å². The minimum atomic E-state index is -2.73. The van der Waals surface area contributed by atoms with Crippen molar-refractivity contribution >= 4 is 51.5 Å². The second kappa shape index (κ2) is 14.2. The highest BCUT2D eigenvalue weighted by Gasteiger charge is 2.32. The van der Waals surface area contributed by atoms with Crippen LogP contribution >= 0.6 is 23.1 Å². The standard InChI is InChI=1S/C33H44BrFN9O2P/c1-6-21-19-26(30(46-3)27(35)29(21)44-13-9-22(10-14-44)43-17-15-42(2)16-18-43)40-33-38-20-23(34)32(41-33)39-25-8-7-24-28(37-12-11-36-24)31(25)47(4,5)45/h11-12,19-20,22H,6-10,13-18H2,1-5H3,(H2,38,39,40,41). The van der Waals surface area contributed by atoms with Gasteiger partial charge in [0.1, 0.15) is 13.0 Å². The average molecular weight is 729 g/mol. The molecule has 2 aliphatic heterocycles. The Hall–Kier alpha value is -3.12. The summed E-state index contributed by atoms with van der Waals surface area (Å²) < 4.78 is 36.1. The zero-order chi connectivity index (χ0) is 33.3. The van der Waals surface area contributed by atoms with Gasteiger partial charge in [0.2, 0.25) is 5.95 Å². The van der Waals surface area contributed by atoms with E-state index in [1.54, 1.807) is 31.9 Å². The second-order valence-electron chi connectivity index (χ2n) is 12.9. The van der Waals surface area contributed by atoms with Crippen LogP contribution in [0.25, 0.3) is 5.31 Å². The number of nitrogens with zero attached hydrogens (tertiary/aromatic N) is 7. The van der Waals surface area contributed by atoms with Crippen molar-refractivity contribution in [3.8, 4) is 5.75 Å². The van der Waals surface area contributed by atoms with Crippen LogP contribution in [0.3, 0.4) is 0 Å². The van der Waals surface area contributed by atoms with Crippen molar-refractivity contribution in [1.29, 1.82) is 0 Å². The smallest absolute Gasteiger partial charge is 0.229 e. The number of aromatic nitrogens is 4. The van der Waals surface area contributed by atoms with E-state index in [9.17, 15) is 4.57 Å². The summed E-state index contributed by atoms with van der Waals surface area (Å²) >= 11 is 3.56. The number of methoxy groups -OCH3 is 1. The summed E-state index contributed by atoms with van der Waals surface area (Å²) in [5, 5.41) is 7.29. The summed E-state index contributed by atoms with van der Waals surface area (Å²) in [4.78, 5) is 25.3. The van der Waals surface area contributed by atoms with Gasteiger partial charge in [0.05, 0.1) is 39.7 Å². The second-order valence-corrected chi connectivity index (χ2v) is 16.9. The molecule has 14 heteroatoms. The minimum Gasteiger partial charge on any atom is -0.492 e.